The van der Waals surface area contributed by atoms with Crippen LogP contribution < -0.4 is 10.6 Å². The van der Waals surface area contributed by atoms with Gasteiger partial charge in [-0.3, -0.25) is 9.59 Å². The van der Waals surface area contributed by atoms with Crippen LogP contribution in [-0.2, 0) is 9.59 Å². The van der Waals surface area contributed by atoms with Gasteiger partial charge in [0.05, 0.1) is 6.04 Å². The zero-order chi connectivity index (χ0) is 16.3. The zero-order valence-electron chi connectivity index (χ0n) is 14.9. The maximum Gasteiger partial charge on any atom is 0.225 e. The molecule has 2 fully saturated rings. The molecule has 0 radical (unpaired) electrons. The first kappa shape index (κ1) is 20.2. The highest BCUT2D eigenvalue weighted by atomic mass is 35.5. The minimum absolute atomic E-state index is 0. The van der Waals surface area contributed by atoms with E-state index in [-0.39, 0.29) is 35.8 Å². The first-order valence-corrected chi connectivity index (χ1v) is 8.58. The number of nitrogens with zero attached hydrogens (tertiary/aromatic N) is 1. The molecule has 6 heteroatoms. The Bertz CT molecular complexity index is 417. The molecular formula is C17H32ClN3O2. The molecule has 2 rings (SSSR count). The second-order valence-corrected chi connectivity index (χ2v) is 7.91. The van der Waals surface area contributed by atoms with E-state index in [4.69, 9.17) is 0 Å². The number of piperidine rings is 1. The van der Waals surface area contributed by atoms with Crippen molar-refractivity contribution in [3.63, 3.8) is 0 Å². The lowest BCUT2D eigenvalue weighted by atomic mass is 9.84. The van der Waals surface area contributed by atoms with E-state index >= 15 is 0 Å². The first-order valence-electron chi connectivity index (χ1n) is 8.58. The van der Waals surface area contributed by atoms with Gasteiger partial charge in [0.25, 0.3) is 0 Å². The monoisotopic (exact) mass is 345 g/mol. The van der Waals surface area contributed by atoms with Crippen molar-refractivity contribution in [3.8, 4) is 0 Å². The van der Waals surface area contributed by atoms with E-state index in [0.29, 0.717) is 31.2 Å². The Balaban J connectivity index is 0.00000264. The van der Waals surface area contributed by atoms with Crippen LogP contribution in [0.5, 0.6) is 0 Å². The van der Waals surface area contributed by atoms with Gasteiger partial charge in [-0.15, -0.1) is 12.4 Å². The van der Waals surface area contributed by atoms with Crippen molar-refractivity contribution in [3.05, 3.63) is 0 Å². The van der Waals surface area contributed by atoms with Gasteiger partial charge < -0.3 is 15.5 Å². The third-order valence-corrected chi connectivity index (χ3v) is 5.00. The van der Waals surface area contributed by atoms with Crippen molar-refractivity contribution < 1.29 is 9.59 Å². The van der Waals surface area contributed by atoms with Gasteiger partial charge in [-0.2, -0.15) is 0 Å². The number of hydrogen-bond acceptors (Lipinski definition) is 3. The molecule has 0 saturated carbocycles. The number of halogens is 1. The van der Waals surface area contributed by atoms with Gasteiger partial charge in [-0.25, -0.2) is 0 Å². The fourth-order valence-electron chi connectivity index (χ4n) is 3.61. The van der Waals surface area contributed by atoms with Crippen molar-refractivity contribution in [2.24, 2.45) is 11.8 Å². The summed E-state index contributed by atoms with van der Waals surface area (Å²) in [5.74, 6) is 1.30. The number of carbonyl (C=O) groups is 2. The van der Waals surface area contributed by atoms with Crippen LogP contribution in [0.4, 0.5) is 0 Å². The summed E-state index contributed by atoms with van der Waals surface area (Å²) in [7, 11) is 0. The van der Waals surface area contributed by atoms with Crippen molar-refractivity contribution in [1.82, 2.24) is 15.5 Å². The average molecular weight is 346 g/mol. The Hall–Kier alpha value is -0.810. The largest absolute Gasteiger partial charge is 0.351 e. The SMILES string of the molecule is CC(CC(=O)NC1CC(=O)N(C(C)(C)C)C1)C1CCNCC1.Cl. The lowest BCUT2D eigenvalue weighted by Gasteiger charge is -2.32. The molecule has 2 heterocycles. The molecule has 2 amide bonds. The van der Waals surface area contributed by atoms with Crippen molar-refractivity contribution in [2.45, 2.75) is 65.0 Å². The number of nitrogens with one attached hydrogen (secondary N) is 2. The van der Waals surface area contributed by atoms with E-state index < -0.39 is 0 Å². The lowest BCUT2D eigenvalue weighted by Crippen LogP contribution is -2.45. The predicted molar refractivity (Wildman–Crippen MR) is 94.6 cm³/mol. The number of rotatable bonds is 4. The van der Waals surface area contributed by atoms with Gasteiger partial charge in [0.15, 0.2) is 0 Å². The normalized spacial score (nSPS) is 24.3. The topological polar surface area (TPSA) is 61.4 Å². The standard InChI is InChI=1S/C17H31N3O2.ClH/c1-12(13-5-7-18-8-6-13)9-15(21)19-14-10-16(22)20(11-14)17(2,3)4;/h12-14,18H,5-11H2,1-4H3,(H,19,21);1H. The van der Waals surface area contributed by atoms with Crippen LogP contribution in [0.1, 0.15) is 53.4 Å². The zero-order valence-corrected chi connectivity index (χ0v) is 15.7. The fraction of sp³-hybridized carbons (Fsp3) is 0.882. The molecule has 0 aromatic rings. The number of likely N-dealkylation sites (tertiary alicyclic amines) is 1. The molecule has 2 N–H and O–H groups in total. The van der Waals surface area contributed by atoms with E-state index in [1.807, 2.05) is 25.7 Å². The molecule has 5 nitrogen and oxygen atoms in total. The lowest BCUT2D eigenvalue weighted by molar-refractivity contribution is -0.131. The molecule has 0 bridgehead atoms. The van der Waals surface area contributed by atoms with Gasteiger partial charge in [0.2, 0.25) is 11.8 Å². The molecule has 2 unspecified atom stereocenters. The average Bonchev–Trinajstić information content (AvgIpc) is 2.80. The molecule has 0 spiro atoms. The van der Waals surface area contributed by atoms with Gasteiger partial charge >= 0.3 is 0 Å². The summed E-state index contributed by atoms with van der Waals surface area (Å²) < 4.78 is 0. The summed E-state index contributed by atoms with van der Waals surface area (Å²) in [6.45, 7) is 11.0. The van der Waals surface area contributed by atoms with Crippen LogP contribution in [0.3, 0.4) is 0 Å². The second-order valence-electron chi connectivity index (χ2n) is 7.91. The Morgan fingerprint density at radius 3 is 2.48 bits per heavy atom. The van der Waals surface area contributed by atoms with E-state index in [0.717, 1.165) is 25.9 Å². The van der Waals surface area contributed by atoms with E-state index in [1.54, 1.807) is 0 Å². The van der Waals surface area contributed by atoms with Crippen molar-refractivity contribution >= 4 is 24.2 Å². The Kier molecular flexibility index (Phi) is 7.33. The highest BCUT2D eigenvalue weighted by Gasteiger charge is 2.37. The van der Waals surface area contributed by atoms with Gasteiger partial charge in [-0.05, 0) is 58.5 Å². The third kappa shape index (κ3) is 5.64. The third-order valence-electron chi connectivity index (χ3n) is 5.00. The molecule has 0 aromatic heterocycles. The summed E-state index contributed by atoms with van der Waals surface area (Å²) >= 11 is 0. The maximum absolute atomic E-state index is 12.3. The minimum Gasteiger partial charge on any atom is -0.351 e. The first-order chi connectivity index (χ1) is 10.3. The number of amides is 2. The highest BCUT2D eigenvalue weighted by Crippen LogP contribution is 2.25. The molecular weight excluding hydrogens is 314 g/mol. The fourth-order valence-corrected chi connectivity index (χ4v) is 3.61. The van der Waals surface area contributed by atoms with Gasteiger partial charge in [-0.1, -0.05) is 6.92 Å². The van der Waals surface area contributed by atoms with Gasteiger partial charge in [0.1, 0.15) is 0 Å². The van der Waals surface area contributed by atoms with Crippen molar-refractivity contribution in [1.29, 1.82) is 0 Å². The Labute approximate surface area is 146 Å². The molecule has 2 aliphatic rings. The van der Waals surface area contributed by atoms with Crippen LogP contribution in [-0.4, -0.2) is 47.9 Å². The molecule has 134 valence electrons. The van der Waals surface area contributed by atoms with Gasteiger partial charge in [0, 0.05) is 24.9 Å². The summed E-state index contributed by atoms with van der Waals surface area (Å²) in [6, 6.07) is -0.0283. The number of hydrogen-bond donors (Lipinski definition) is 2. The Morgan fingerprint density at radius 1 is 1.35 bits per heavy atom. The summed E-state index contributed by atoms with van der Waals surface area (Å²) in [4.78, 5) is 26.2. The molecule has 2 atom stereocenters. The summed E-state index contributed by atoms with van der Waals surface area (Å²) in [5, 5.41) is 6.43. The molecule has 0 aliphatic carbocycles. The smallest absolute Gasteiger partial charge is 0.225 e. The van der Waals surface area contributed by atoms with E-state index in [1.165, 1.54) is 0 Å². The Morgan fingerprint density at radius 2 is 1.96 bits per heavy atom. The van der Waals surface area contributed by atoms with Crippen LogP contribution >= 0.6 is 12.4 Å². The van der Waals surface area contributed by atoms with Crippen molar-refractivity contribution in [2.75, 3.05) is 19.6 Å². The second kappa shape index (κ2) is 8.34. The van der Waals surface area contributed by atoms with Crippen LogP contribution in [0.15, 0.2) is 0 Å². The van der Waals surface area contributed by atoms with E-state index in [2.05, 4.69) is 17.6 Å². The number of carbonyl (C=O) groups excluding carboxylic acids is 2. The highest BCUT2D eigenvalue weighted by molar-refractivity contribution is 5.85. The van der Waals surface area contributed by atoms with Crippen LogP contribution in [0, 0.1) is 11.8 Å². The maximum atomic E-state index is 12.3. The quantitative estimate of drug-likeness (QED) is 0.818. The van der Waals surface area contributed by atoms with E-state index in [9.17, 15) is 9.59 Å². The van der Waals surface area contributed by atoms with Crippen LogP contribution in [0.2, 0.25) is 0 Å². The van der Waals surface area contributed by atoms with Crippen LogP contribution in [0.25, 0.3) is 0 Å². The predicted octanol–water partition coefficient (Wildman–Crippen LogP) is 1.95. The summed E-state index contributed by atoms with van der Waals surface area (Å²) in [6.07, 6.45) is 3.33. The summed E-state index contributed by atoms with van der Waals surface area (Å²) in [5.41, 5.74) is -0.168. The molecule has 2 saturated heterocycles. The molecule has 23 heavy (non-hydrogen) atoms. The molecule has 0 aromatic carbocycles. The minimum atomic E-state index is -0.168. The molecule has 2 aliphatic heterocycles.